The summed E-state index contributed by atoms with van der Waals surface area (Å²) in [5.74, 6) is -0.317. The van der Waals surface area contributed by atoms with Gasteiger partial charge < -0.3 is 20.1 Å². The Balaban J connectivity index is 2.15. The van der Waals surface area contributed by atoms with Crippen LogP contribution in [0.2, 0.25) is 0 Å². The van der Waals surface area contributed by atoms with E-state index in [4.69, 9.17) is 15.2 Å². The Morgan fingerprint density at radius 3 is 2.68 bits per heavy atom. The zero-order chi connectivity index (χ0) is 13.8. The first-order valence-electron chi connectivity index (χ1n) is 6.43. The Morgan fingerprint density at radius 2 is 2.05 bits per heavy atom. The lowest BCUT2D eigenvalue weighted by Crippen LogP contribution is -2.27. The zero-order valence-corrected chi connectivity index (χ0v) is 11.4. The summed E-state index contributed by atoms with van der Waals surface area (Å²) in [5, 5.41) is 0. The van der Waals surface area contributed by atoms with Crippen molar-refractivity contribution in [2.24, 2.45) is 0 Å². The third-order valence-electron chi connectivity index (χ3n) is 3.16. The van der Waals surface area contributed by atoms with Gasteiger partial charge in [0.1, 0.15) is 6.10 Å². The van der Waals surface area contributed by atoms with Crippen LogP contribution in [-0.4, -0.2) is 39.4 Å². The Bertz CT molecular complexity index is 454. The molecule has 0 spiro atoms. The topological polar surface area (TPSA) is 64.8 Å². The van der Waals surface area contributed by atoms with E-state index in [1.54, 1.807) is 12.1 Å². The van der Waals surface area contributed by atoms with Gasteiger partial charge >= 0.3 is 5.97 Å². The highest BCUT2D eigenvalue weighted by atomic mass is 16.6. The van der Waals surface area contributed by atoms with Crippen molar-refractivity contribution in [3.05, 3.63) is 23.8 Å². The molecule has 0 atom stereocenters. The van der Waals surface area contributed by atoms with Gasteiger partial charge in [-0.25, -0.2) is 4.79 Å². The summed E-state index contributed by atoms with van der Waals surface area (Å²) in [5.41, 5.74) is 7.63. The van der Waals surface area contributed by atoms with E-state index in [0.717, 1.165) is 18.5 Å². The SMILES string of the molecule is CN(C)c1ccc(N)cc1C(=O)OC1CCOCC1. The number of rotatable bonds is 3. The average Bonchev–Trinajstić information content (AvgIpc) is 2.39. The highest BCUT2D eigenvalue weighted by Gasteiger charge is 2.21. The van der Waals surface area contributed by atoms with Crippen LogP contribution in [0, 0.1) is 0 Å². The summed E-state index contributed by atoms with van der Waals surface area (Å²) in [6.07, 6.45) is 1.45. The first-order valence-corrected chi connectivity index (χ1v) is 6.43. The minimum atomic E-state index is -0.317. The summed E-state index contributed by atoms with van der Waals surface area (Å²) in [6.45, 7) is 1.30. The molecule has 1 fully saturated rings. The van der Waals surface area contributed by atoms with E-state index < -0.39 is 0 Å². The molecule has 0 radical (unpaired) electrons. The van der Waals surface area contributed by atoms with Crippen LogP contribution in [0.5, 0.6) is 0 Å². The van der Waals surface area contributed by atoms with Crippen molar-refractivity contribution >= 4 is 17.3 Å². The highest BCUT2D eigenvalue weighted by molar-refractivity contribution is 5.97. The van der Waals surface area contributed by atoms with Crippen molar-refractivity contribution in [1.29, 1.82) is 0 Å². The predicted molar refractivity (Wildman–Crippen MR) is 74.4 cm³/mol. The Labute approximate surface area is 113 Å². The molecule has 104 valence electrons. The maximum Gasteiger partial charge on any atom is 0.340 e. The molecule has 1 aliphatic rings. The molecule has 1 heterocycles. The second-order valence-electron chi connectivity index (χ2n) is 4.89. The van der Waals surface area contributed by atoms with E-state index in [1.165, 1.54) is 0 Å². The number of hydrogen-bond acceptors (Lipinski definition) is 5. The molecule has 1 aliphatic heterocycles. The van der Waals surface area contributed by atoms with Crippen LogP contribution < -0.4 is 10.6 Å². The number of nitrogens with zero attached hydrogens (tertiary/aromatic N) is 1. The molecule has 0 saturated carbocycles. The Morgan fingerprint density at radius 1 is 1.37 bits per heavy atom. The first kappa shape index (κ1) is 13.7. The number of nitrogens with two attached hydrogens (primary N) is 1. The molecular formula is C14H20N2O3. The van der Waals surface area contributed by atoms with Gasteiger partial charge in [0.2, 0.25) is 0 Å². The number of nitrogen functional groups attached to an aromatic ring is 1. The van der Waals surface area contributed by atoms with Crippen LogP contribution in [0.25, 0.3) is 0 Å². The fraction of sp³-hybridized carbons (Fsp3) is 0.500. The maximum absolute atomic E-state index is 12.2. The average molecular weight is 264 g/mol. The van der Waals surface area contributed by atoms with E-state index in [-0.39, 0.29) is 12.1 Å². The van der Waals surface area contributed by atoms with Crippen molar-refractivity contribution in [3.63, 3.8) is 0 Å². The third-order valence-corrected chi connectivity index (χ3v) is 3.16. The summed E-state index contributed by atoms with van der Waals surface area (Å²) >= 11 is 0. The number of esters is 1. The Hall–Kier alpha value is -1.75. The molecule has 2 N–H and O–H groups in total. The standard InChI is InChI=1S/C14H20N2O3/c1-16(2)13-4-3-10(15)9-12(13)14(17)19-11-5-7-18-8-6-11/h3-4,9,11H,5-8,15H2,1-2H3. The number of carbonyl (C=O) groups is 1. The summed E-state index contributed by atoms with van der Waals surface area (Å²) in [6, 6.07) is 5.27. The van der Waals surface area contributed by atoms with Crippen LogP contribution in [0.1, 0.15) is 23.2 Å². The van der Waals surface area contributed by atoms with Gasteiger partial charge in [0.15, 0.2) is 0 Å². The van der Waals surface area contributed by atoms with Crippen molar-refractivity contribution in [3.8, 4) is 0 Å². The van der Waals surface area contributed by atoms with Gasteiger partial charge in [0.05, 0.1) is 24.5 Å². The van der Waals surface area contributed by atoms with E-state index >= 15 is 0 Å². The molecule has 5 heteroatoms. The second-order valence-corrected chi connectivity index (χ2v) is 4.89. The summed E-state index contributed by atoms with van der Waals surface area (Å²) in [7, 11) is 3.77. The van der Waals surface area contributed by atoms with Gasteiger partial charge in [0, 0.05) is 32.6 Å². The van der Waals surface area contributed by atoms with Crippen molar-refractivity contribution in [2.45, 2.75) is 18.9 Å². The maximum atomic E-state index is 12.2. The highest BCUT2D eigenvalue weighted by Crippen LogP contribution is 2.23. The summed E-state index contributed by atoms with van der Waals surface area (Å²) < 4.78 is 10.8. The molecule has 0 aliphatic carbocycles. The van der Waals surface area contributed by atoms with Crippen LogP contribution in [0.4, 0.5) is 11.4 Å². The minimum Gasteiger partial charge on any atom is -0.459 e. The normalized spacial score (nSPS) is 16.1. The molecule has 0 aromatic heterocycles. The van der Waals surface area contributed by atoms with Crippen LogP contribution in [-0.2, 0) is 9.47 Å². The smallest absolute Gasteiger partial charge is 0.340 e. The molecule has 0 unspecified atom stereocenters. The molecule has 19 heavy (non-hydrogen) atoms. The van der Waals surface area contributed by atoms with Crippen molar-refractivity contribution in [1.82, 2.24) is 0 Å². The first-order chi connectivity index (χ1) is 9.08. The molecule has 1 saturated heterocycles. The molecule has 1 aromatic rings. The molecule has 0 bridgehead atoms. The van der Waals surface area contributed by atoms with Crippen molar-refractivity contribution in [2.75, 3.05) is 37.9 Å². The van der Waals surface area contributed by atoms with Gasteiger partial charge in [0.25, 0.3) is 0 Å². The van der Waals surface area contributed by atoms with Crippen LogP contribution in [0.3, 0.4) is 0 Å². The van der Waals surface area contributed by atoms with Crippen LogP contribution >= 0.6 is 0 Å². The molecule has 5 nitrogen and oxygen atoms in total. The van der Waals surface area contributed by atoms with Gasteiger partial charge in [-0.1, -0.05) is 0 Å². The number of anilines is 2. The summed E-state index contributed by atoms with van der Waals surface area (Å²) in [4.78, 5) is 14.1. The lowest BCUT2D eigenvalue weighted by atomic mass is 10.1. The van der Waals surface area contributed by atoms with E-state index in [0.29, 0.717) is 24.5 Å². The number of ether oxygens (including phenoxy) is 2. The van der Waals surface area contributed by atoms with E-state index in [9.17, 15) is 4.79 Å². The Kier molecular flexibility index (Phi) is 4.27. The van der Waals surface area contributed by atoms with Crippen molar-refractivity contribution < 1.29 is 14.3 Å². The third kappa shape index (κ3) is 3.38. The van der Waals surface area contributed by atoms with Gasteiger partial charge in [-0.05, 0) is 18.2 Å². The van der Waals surface area contributed by atoms with E-state index in [2.05, 4.69) is 0 Å². The molecule has 0 amide bonds. The molecule has 2 rings (SSSR count). The lowest BCUT2D eigenvalue weighted by Gasteiger charge is -2.23. The lowest BCUT2D eigenvalue weighted by molar-refractivity contribution is -0.0158. The fourth-order valence-corrected chi connectivity index (χ4v) is 2.12. The number of benzene rings is 1. The van der Waals surface area contributed by atoms with E-state index in [1.807, 2.05) is 25.1 Å². The minimum absolute atomic E-state index is 0.0577. The predicted octanol–water partition coefficient (Wildman–Crippen LogP) is 1.67. The number of carbonyl (C=O) groups excluding carboxylic acids is 1. The largest absolute Gasteiger partial charge is 0.459 e. The quantitative estimate of drug-likeness (QED) is 0.664. The van der Waals surface area contributed by atoms with Gasteiger partial charge in [-0.3, -0.25) is 0 Å². The molecular weight excluding hydrogens is 244 g/mol. The van der Waals surface area contributed by atoms with Gasteiger partial charge in [-0.2, -0.15) is 0 Å². The molecule has 1 aromatic carbocycles. The fourth-order valence-electron chi connectivity index (χ4n) is 2.12. The monoisotopic (exact) mass is 264 g/mol. The second kappa shape index (κ2) is 5.93. The van der Waals surface area contributed by atoms with Gasteiger partial charge in [-0.15, -0.1) is 0 Å². The number of hydrogen-bond donors (Lipinski definition) is 1. The zero-order valence-electron chi connectivity index (χ0n) is 11.4. The van der Waals surface area contributed by atoms with Crippen LogP contribution in [0.15, 0.2) is 18.2 Å².